The minimum Gasteiger partial charge on any atom is -0.309 e. The summed E-state index contributed by atoms with van der Waals surface area (Å²) in [7, 11) is 0. The Morgan fingerprint density at radius 1 is 1.31 bits per heavy atom. The van der Waals surface area contributed by atoms with Crippen molar-refractivity contribution < 1.29 is 8.78 Å². The van der Waals surface area contributed by atoms with E-state index in [1.54, 1.807) is 0 Å². The molecule has 0 amide bonds. The van der Waals surface area contributed by atoms with E-state index in [0.29, 0.717) is 18.0 Å². The molecule has 0 aliphatic carbocycles. The fraction of sp³-hybridized carbons (Fsp3) is 0.500. The van der Waals surface area contributed by atoms with Crippen molar-refractivity contribution in [3.8, 4) is 0 Å². The third-order valence-electron chi connectivity index (χ3n) is 2.53. The Morgan fingerprint density at radius 3 is 2.56 bits per heavy atom. The van der Waals surface area contributed by atoms with Crippen LogP contribution in [0, 0.1) is 17.6 Å². The molecule has 1 atom stereocenters. The highest BCUT2D eigenvalue weighted by atomic mass is 79.9. The number of benzene rings is 1. The van der Waals surface area contributed by atoms with Gasteiger partial charge in [0, 0.05) is 23.5 Å². The van der Waals surface area contributed by atoms with Crippen LogP contribution in [0.3, 0.4) is 0 Å². The van der Waals surface area contributed by atoms with E-state index in [1.165, 1.54) is 6.07 Å². The normalized spacial score (nSPS) is 13.1. The zero-order valence-electron chi connectivity index (χ0n) is 9.43. The molecule has 1 nitrogen and oxygen atoms in total. The van der Waals surface area contributed by atoms with E-state index >= 15 is 0 Å². The number of alkyl halides is 1. The predicted octanol–water partition coefficient (Wildman–Crippen LogP) is 3.47. The molecule has 0 saturated heterocycles. The lowest BCUT2D eigenvalue weighted by molar-refractivity contribution is 0.428. The van der Waals surface area contributed by atoms with Gasteiger partial charge in [0.15, 0.2) is 0 Å². The van der Waals surface area contributed by atoms with Gasteiger partial charge in [0.25, 0.3) is 0 Å². The molecular formula is C12H16BrF2N. The number of hydrogen-bond acceptors (Lipinski definition) is 1. The Morgan fingerprint density at radius 2 is 2.00 bits per heavy atom. The first kappa shape index (κ1) is 13.6. The van der Waals surface area contributed by atoms with Crippen molar-refractivity contribution in [3.05, 3.63) is 35.4 Å². The summed E-state index contributed by atoms with van der Waals surface area (Å²) in [5.41, 5.74) is 0.367. The van der Waals surface area contributed by atoms with Gasteiger partial charge in [0.2, 0.25) is 0 Å². The van der Waals surface area contributed by atoms with Gasteiger partial charge in [-0.15, -0.1) is 0 Å². The monoisotopic (exact) mass is 291 g/mol. The summed E-state index contributed by atoms with van der Waals surface area (Å²) in [5.74, 6) is -0.333. The van der Waals surface area contributed by atoms with Gasteiger partial charge in [-0.25, -0.2) is 8.78 Å². The molecule has 0 fully saturated rings. The lowest BCUT2D eigenvalue weighted by Gasteiger charge is -2.20. The van der Waals surface area contributed by atoms with Crippen LogP contribution in [0.1, 0.15) is 19.4 Å². The standard InChI is InChI=1S/C12H16BrF2N/c1-8(2)12(6-13)16-7-9-5-10(14)3-4-11(9)15/h3-5,8,12,16H,6-7H2,1-2H3. The Labute approximate surface area is 103 Å². The molecule has 0 aromatic heterocycles. The molecule has 16 heavy (non-hydrogen) atoms. The molecule has 1 unspecified atom stereocenters. The molecule has 1 rings (SSSR count). The average molecular weight is 292 g/mol. The fourth-order valence-corrected chi connectivity index (χ4v) is 2.36. The maximum absolute atomic E-state index is 13.3. The lowest BCUT2D eigenvalue weighted by atomic mass is 10.1. The minimum absolute atomic E-state index is 0.252. The van der Waals surface area contributed by atoms with Crippen LogP contribution in [-0.2, 0) is 6.54 Å². The van der Waals surface area contributed by atoms with E-state index in [0.717, 1.165) is 17.5 Å². The molecule has 0 spiro atoms. The Hall–Kier alpha value is -0.480. The van der Waals surface area contributed by atoms with Crippen molar-refractivity contribution in [2.75, 3.05) is 5.33 Å². The van der Waals surface area contributed by atoms with Crippen LogP contribution in [0.2, 0.25) is 0 Å². The summed E-state index contributed by atoms with van der Waals surface area (Å²) in [6, 6.07) is 3.77. The molecule has 0 bridgehead atoms. The van der Waals surface area contributed by atoms with Crippen molar-refractivity contribution in [2.45, 2.75) is 26.4 Å². The minimum atomic E-state index is -0.405. The second-order valence-corrected chi connectivity index (χ2v) is 4.77. The molecule has 1 N–H and O–H groups in total. The van der Waals surface area contributed by atoms with Crippen LogP contribution in [-0.4, -0.2) is 11.4 Å². The maximum atomic E-state index is 13.3. The van der Waals surface area contributed by atoms with Gasteiger partial charge in [-0.2, -0.15) is 0 Å². The summed E-state index contributed by atoms with van der Waals surface area (Å²) in [4.78, 5) is 0. The van der Waals surface area contributed by atoms with Crippen LogP contribution in [0.25, 0.3) is 0 Å². The molecule has 0 aliphatic heterocycles. The summed E-state index contributed by atoms with van der Waals surface area (Å²) in [6.07, 6.45) is 0. The van der Waals surface area contributed by atoms with Gasteiger partial charge >= 0.3 is 0 Å². The van der Waals surface area contributed by atoms with E-state index < -0.39 is 5.82 Å². The third kappa shape index (κ3) is 3.83. The SMILES string of the molecule is CC(C)C(CBr)NCc1cc(F)ccc1F. The van der Waals surface area contributed by atoms with E-state index in [9.17, 15) is 8.78 Å². The Kier molecular flexibility index (Phi) is 5.35. The zero-order valence-corrected chi connectivity index (χ0v) is 11.0. The van der Waals surface area contributed by atoms with Crippen LogP contribution in [0.15, 0.2) is 18.2 Å². The second-order valence-electron chi connectivity index (χ2n) is 4.12. The predicted molar refractivity (Wildman–Crippen MR) is 65.6 cm³/mol. The topological polar surface area (TPSA) is 12.0 Å². The van der Waals surface area contributed by atoms with Crippen molar-refractivity contribution in [1.29, 1.82) is 0 Å². The summed E-state index contributed by atoms with van der Waals surface area (Å²) < 4.78 is 26.2. The molecule has 0 saturated carbocycles. The highest BCUT2D eigenvalue weighted by Gasteiger charge is 2.12. The molecule has 1 aromatic carbocycles. The molecule has 0 radical (unpaired) electrons. The summed E-state index contributed by atoms with van der Waals surface area (Å²) >= 11 is 3.39. The van der Waals surface area contributed by atoms with Crippen molar-refractivity contribution in [1.82, 2.24) is 5.32 Å². The van der Waals surface area contributed by atoms with E-state index in [4.69, 9.17) is 0 Å². The number of halogens is 3. The molecule has 90 valence electrons. The quantitative estimate of drug-likeness (QED) is 0.819. The molecule has 0 aliphatic rings. The van der Waals surface area contributed by atoms with Gasteiger partial charge in [-0.1, -0.05) is 29.8 Å². The van der Waals surface area contributed by atoms with Crippen LogP contribution in [0.4, 0.5) is 8.78 Å². The van der Waals surface area contributed by atoms with Crippen molar-refractivity contribution in [2.24, 2.45) is 5.92 Å². The first-order chi connectivity index (χ1) is 7.54. The van der Waals surface area contributed by atoms with Gasteiger partial charge in [0.1, 0.15) is 11.6 Å². The van der Waals surface area contributed by atoms with Gasteiger partial charge in [0.05, 0.1) is 0 Å². The van der Waals surface area contributed by atoms with Crippen LogP contribution >= 0.6 is 15.9 Å². The molecule has 4 heteroatoms. The summed E-state index contributed by atoms with van der Waals surface area (Å²) in [6.45, 7) is 4.51. The summed E-state index contributed by atoms with van der Waals surface area (Å²) in [5, 5.41) is 3.99. The first-order valence-electron chi connectivity index (χ1n) is 5.28. The Bertz CT molecular complexity index is 342. The third-order valence-corrected chi connectivity index (χ3v) is 3.23. The zero-order chi connectivity index (χ0) is 12.1. The van der Waals surface area contributed by atoms with E-state index in [2.05, 4.69) is 35.1 Å². The molecule has 0 heterocycles. The maximum Gasteiger partial charge on any atom is 0.127 e. The fourth-order valence-electron chi connectivity index (χ4n) is 1.39. The number of rotatable bonds is 5. The smallest absolute Gasteiger partial charge is 0.127 e. The van der Waals surface area contributed by atoms with Crippen molar-refractivity contribution >= 4 is 15.9 Å². The number of nitrogens with one attached hydrogen (secondary N) is 1. The van der Waals surface area contributed by atoms with Gasteiger partial charge in [-0.05, 0) is 24.1 Å². The lowest BCUT2D eigenvalue weighted by Crippen LogP contribution is -2.35. The largest absolute Gasteiger partial charge is 0.309 e. The van der Waals surface area contributed by atoms with Crippen molar-refractivity contribution in [3.63, 3.8) is 0 Å². The first-order valence-corrected chi connectivity index (χ1v) is 6.40. The van der Waals surface area contributed by atoms with Crippen LogP contribution < -0.4 is 5.32 Å². The van der Waals surface area contributed by atoms with E-state index in [1.807, 2.05) is 0 Å². The van der Waals surface area contributed by atoms with Crippen LogP contribution in [0.5, 0.6) is 0 Å². The van der Waals surface area contributed by atoms with Gasteiger partial charge in [-0.3, -0.25) is 0 Å². The highest BCUT2D eigenvalue weighted by molar-refractivity contribution is 9.09. The molecular weight excluding hydrogens is 276 g/mol. The highest BCUT2D eigenvalue weighted by Crippen LogP contribution is 2.11. The molecule has 1 aromatic rings. The second kappa shape index (κ2) is 6.30. The van der Waals surface area contributed by atoms with Gasteiger partial charge < -0.3 is 5.32 Å². The number of hydrogen-bond donors (Lipinski definition) is 1. The Balaban J connectivity index is 2.63. The van der Waals surface area contributed by atoms with E-state index in [-0.39, 0.29) is 11.9 Å². The average Bonchev–Trinajstić information content (AvgIpc) is 2.23.